The molecule has 0 aliphatic carbocycles. The molecule has 0 saturated heterocycles. The van der Waals surface area contributed by atoms with Crippen LogP contribution in [0, 0.1) is 0 Å². The highest BCUT2D eigenvalue weighted by atomic mass is 16.4. The van der Waals surface area contributed by atoms with E-state index in [9.17, 15) is 4.79 Å². The summed E-state index contributed by atoms with van der Waals surface area (Å²) in [6.45, 7) is 0. The zero-order chi connectivity index (χ0) is 12.5. The average molecular weight is 240 g/mol. The van der Waals surface area contributed by atoms with Crippen LogP contribution in [0.1, 0.15) is 10.4 Å². The summed E-state index contributed by atoms with van der Waals surface area (Å²) in [5.74, 6) is -0.430. The Morgan fingerprint density at radius 2 is 1.94 bits per heavy atom. The van der Waals surface area contributed by atoms with E-state index in [0.29, 0.717) is 17.0 Å². The fourth-order valence-electron chi connectivity index (χ4n) is 1.74. The predicted molar refractivity (Wildman–Crippen MR) is 64.1 cm³/mol. The molecule has 6 heteroatoms. The number of H-pyrrole nitrogens is 1. The molecule has 3 aromatic heterocycles. The van der Waals surface area contributed by atoms with Gasteiger partial charge in [-0.15, -0.1) is 0 Å². The van der Waals surface area contributed by atoms with Crippen LogP contribution in [0.25, 0.3) is 22.6 Å². The maximum absolute atomic E-state index is 11.1. The molecule has 6 nitrogen and oxygen atoms in total. The second-order valence-electron chi connectivity index (χ2n) is 3.68. The van der Waals surface area contributed by atoms with E-state index in [2.05, 4.69) is 19.9 Å². The quantitative estimate of drug-likeness (QED) is 0.711. The molecule has 2 N–H and O–H groups in total. The van der Waals surface area contributed by atoms with E-state index in [1.165, 1.54) is 12.3 Å². The van der Waals surface area contributed by atoms with E-state index in [0.717, 1.165) is 5.56 Å². The molecular formula is C12H8N4O2. The highest BCUT2D eigenvalue weighted by molar-refractivity contribution is 6.00. The van der Waals surface area contributed by atoms with E-state index in [4.69, 9.17) is 5.11 Å². The molecule has 0 spiro atoms. The number of rotatable bonds is 2. The summed E-state index contributed by atoms with van der Waals surface area (Å²) in [6.07, 6.45) is 4.73. The summed E-state index contributed by atoms with van der Waals surface area (Å²) in [6, 6.07) is 5.02. The summed E-state index contributed by atoms with van der Waals surface area (Å²) in [7, 11) is 0. The standard InChI is InChI=1S/C12H8N4O2/c17-12(18)8-3-6-14-11-9(8)15-10(16-11)7-1-4-13-5-2-7/h1-6H,(H,17,18)(H,14,15,16). The lowest BCUT2D eigenvalue weighted by Gasteiger charge is -1.94. The number of fused-ring (bicyclic) bond motifs is 1. The van der Waals surface area contributed by atoms with E-state index < -0.39 is 5.97 Å². The molecule has 88 valence electrons. The summed E-state index contributed by atoms with van der Waals surface area (Å²) in [5.41, 5.74) is 1.81. The van der Waals surface area contributed by atoms with Crippen molar-refractivity contribution in [1.82, 2.24) is 19.9 Å². The highest BCUT2D eigenvalue weighted by Gasteiger charge is 2.13. The van der Waals surface area contributed by atoms with E-state index >= 15 is 0 Å². The SMILES string of the molecule is O=C(O)c1ccnc2nc(-c3ccncc3)[nH]c12. The Hall–Kier alpha value is -2.76. The highest BCUT2D eigenvalue weighted by Crippen LogP contribution is 2.20. The molecule has 3 aromatic rings. The lowest BCUT2D eigenvalue weighted by molar-refractivity contribution is 0.0699. The van der Waals surface area contributed by atoms with Gasteiger partial charge in [-0.1, -0.05) is 0 Å². The predicted octanol–water partition coefficient (Wildman–Crippen LogP) is 1.72. The van der Waals surface area contributed by atoms with Crippen molar-refractivity contribution >= 4 is 17.1 Å². The number of nitrogens with one attached hydrogen (secondary N) is 1. The minimum Gasteiger partial charge on any atom is -0.478 e. The largest absolute Gasteiger partial charge is 0.478 e. The molecule has 3 heterocycles. The number of nitrogens with zero attached hydrogens (tertiary/aromatic N) is 3. The van der Waals surface area contributed by atoms with Crippen LogP contribution < -0.4 is 0 Å². The van der Waals surface area contributed by atoms with Gasteiger partial charge < -0.3 is 10.1 Å². The van der Waals surface area contributed by atoms with Crippen LogP contribution in [0.3, 0.4) is 0 Å². The number of carboxylic acid groups (broad SMARTS) is 1. The molecule has 0 amide bonds. The van der Waals surface area contributed by atoms with Gasteiger partial charge in [0, 0.05) is 24.2 Å². The van der Waals surface area contributed by atoms with Crippen LogP contribution in [-0.2, 0) is 0 Å². The Bertz CT molecular complexity index is 721. The maximum Gasteiger partial charge on any atom is 0.338 e. The normalized spacial score (nSPS) is 10.7. The molecule has 0 bridgehead atoms. The van der Waals surface area contributed by atoms with Crippen molar-refractivity contribution in [3.05, 3.63) is 42.4 Å². The molecule has 0 aliphatic heterocycles. The smallest absolute Gasteiger partial charge is 0.338 e. The van der Waals surface area contributed by atoms with Crippen LogP contribution in [0.4, 0.5) is 0 Å². The van der Waals surface area contributed by atoms with E-state index in [1.54, 1.807) is 24.5 Å². The van der Waals surface area contributed by atoms with Crippen molar-refractivity contribution < 1.29 is 9.90 Å². The first-order valence-electron chi connectivity index (χ1n) is 5.24. The second kappa shape index (κ2) is 3.92. The zero-order valence-corrected chi connectivity index (χ0v) is 9.16. The van der Waals surface area contributed by atoms with Crippen LogP contribution in [-0.4, -0.2) is 31.0 Å². The topological polar surface area (TPSA) is 91.8 Å². The van der Waals surface area contributed by atoms with Gasteiger partial charge >= 0.3 is 5.97 Å². The fraction of sp³-hybridized carbons (Fsp3) is 0. The third-order valence-corrected chi connectivity index (χ3v) is 2.58. The molecule has 0 aromatic carbocycles. The second-order valence-corrected chi connectivity index (χ2v) is 3.68. The molecule has 0 fully saturated rings. The van der Waals surface area contributed by atoms with Gasteiger partial charge in [0.15, 0.2) is 5.65 Å². The van der Waals surface area contributed by atoms with Crippen LogP contribution in [0.15, 0.2) is 36.8 Å². The third kappa shape index (κ3) is 1.60. The number of hydrogen-bond donors (Lipinski definition) is 2. The Morgan fingerprint density at radius 3 is 2.67 bits per heavy atom. The third-order valence-electron chi connectivity index (χ3n) is 2.58. The molecule has 0 saturated carbocycles. The summed E-state index contributed by atoms with van der Waals surface area (Å²) >= 11 is 0. The van der Waals surface area contributed by atoms with Crippen molar-refractivity contribution in [2.24, 2.45) is 0 Å². The Balaban J connectivity index is 2.23. The molecule has 18 heavy (non-hydrogen) atoms. The summed E-state index contributed by atoms with van der Waals surface area (Å²) in [4.78, 5) is 26.3. The van der Waals surface area contributed by atoms with Crippen LogP contribution in [0.2, 0.25) is 0 Å². The van der Waals surface area contributed by atoms with Gasteiger partial charge in [-0.3, -0.25) is 4.98 Å². The van der Waals surface area contributed by atoms with Crippen molar-refractivity contribution in [2.75, 3.05) is 0 Å². The minimum atomic E-state index is -1.01. The molecule has 3 rings (SSSR count). The number of carboxylic acids is 1. The van der Waals surface area contributed by atoms with Gasteiger partial charge in [0.2, 0.25) is 0 Å². The first kappa shape index (κ1) is 10.4. The molecule has 0 aliphatic rings. The Morgan fingerprint density at radius 1 is 1.17 bits per heavy atom. The van der Waals surface area contributed by atoms with Crippen LogP contribution in [0.5, 0.6) is 0 Å². The molecule has 0 atom stereocenters. The number of aromatic carboxylic acids is 1. The van der Waals surface area contributed by atoms with Gasteiger partial charge in [0.05, 0.1) is 11.1 Å². The number of aromatic amines is 1. The number of hydrogen-bond acceptors (Lipinski definition) is 4. The summed E-state index contributed by atoms with van der Waals surface area (Å²) < 4.78 is 0. The molecular weight excluding hydrogens is 232 g/mol. The van der Waals surface area contributed by atoms with Crippen molar-refractivity contribution in [1.29, 1.82) is 0 Å². The Labute approximate surface area is 101 Å². The Kier molecular flexibility index (Phi) is 2.26. The number of pyridine rings is 2. The van der Waals surface area contributed by atoms with Gasteiger partial charge in [-0.25, -0.2) is 14.8 Å². The first-order valence-corrected chi connectivity index (χ1v) is 5.24. The van der Waals surface area contributed by atoms with E-state index in [1.807, 2.05) is 0 Å². The van der Waals surface area contributed by atoms with Crippen LogP contribution >= 0.6 is 0 Å². The van der Waals surface area contributed by atoms with Gasteiger partial charge in [-0.2, -0.15) is 0 Å². The lowest BCUT2D eigenvalue weighted by atomic mass is 10.2. The van der Waals surface area contributed by atoms with Crippen molar-refractivity contribution in [3.63, 3.8) is 0 Å². The average Bonchev–Trinajstić information content (AvgIpc) is 2.83. The van der Waals surface area contributed by atoms with E-state index in [-0.39, 0.29) is 5.56 Å². The fourth-order valence-corrected chi connectivity index (χ4v) is 1.74. The van der Waals surface area contributed by atoms with Crippen molar-refractivity contribution in [2.45, 2.75) is 0 Å². The summed E-state index contributed by atoms with van der Waals surface area (Å²) in [5, 5.41) is 9.08. The number of aromatic nitrogens is 4. The first-order chi connectivity index (χ1) is 8.75. The van der Waals surface area contributed by atoms with Gasteiger partial charge in [-0.05, 0) is 18.2 Å². The number of carbonyl (C=O) groups is 1. The van der Waals surface area contributed by atoms with Gasteiger partial charge in [0.1, 0.15) is 5.82 Å². The zero-order valence-electron chi connectivity index (χ0n) is 9.16. The molecule has 0 unspecified atom stereocenters. The monoisotopic (exact) mass is 240 g/mol. The number of imidazole rings is 1. The molecule has 0 radical (unpaired) electrons. The minimum absolute atomic E-state index is 0.160. The van der Waals surface area contributed by atoms with Crippen molar-refractivity contribution in [3.8, 4) is 11.4 Å². The lowest BCUT2D eigenvalue weighted by Crippen LogP contribution is -1.97. The maximum atomic E-state index is 11.1. The van der Waals surface area contributed by atoms with Gasteiger partial charge in [0.25, 0.3) is 0 Å².